The van der Waals surface area contributed by atoms with E-state index in [4.69, 9.17) is 9.84 Å². The summed E-state index contributed by atoms with van der Waals surface area (Å²) in [6.45, 7) is 4.19. The van der Waals surface area contributed by atoms with Crippen molar-refractivity contribution in [2.45, 2.75) is 50.9 Å². The van der Waals surface area contributed by atoms with Crippen LogP contribution in [0.1, 0.15) is 33.1 Å². The summed E-state index contributed by atoms with van der Waals surface area (Å²) in [5, 5.41) is 21.8. The largest absolute Gasteiger partial charge is 0.393 e. The molecule has 0 aromatic rings. The Balaban J connectivity index is 2.26. The van der Waals surface area contributed by atoms with Gasteiger partial charge in [0.2, 0.25) is 5.91 Å². The van der Waals surface area contributed by atoms with Gasteiger partial charge in [-0.15, -0.1) is 0 Å². The summed E-state index contributed by atoms with van der Waals surface area (Å²) in [5.41, 5.74) is -0.944. The Morgan fingerprint density at radius 1 is 1.69 bits per heavy atom. The van der Waals surface area contributed by atoms with E-state index in [0.717, 1.165) is 0 Å². The van der Waals surface area contributed by atoms with Gasteiger partial charge >= 0.3 is 0 Å². The zero-order valence-electron chi connectivity index (χ0n) is 9.90. The molecule has 0 bridgehead atoms. The molecule has 16 heavy (non-hydrogen) atoms. The molecule has 5 nitrogen and oxygen atoms in total. The van der Waals surface area contributed by atoms with Crippen molar-refractivity contribution in [3.05, 3.63) is 0 Å². The number of ether oxygens (including phenoxy) is 1. The normalized spacial score (nSPS) is 31.4. The van der Waals surface area contributed by atoms with Gasteiger partial charge in [-0.3, -0.25) is 4.79 Å². The lowest BCUT2D eigenvalue weighted by Crippen LogP contribution is -2.47. The number of rotatable bonds is 5. The van der Waals surface area contributed by atoms with E-state index >= 15 is 0 Å². The maximum atomic E-state index is 11.4. The van der Waals surface area contributed by atoms with Gasteiger partial charge in [0, 0.05) is 26.0 Å². The number of hydrogen-bond donors (Lipinski definition) is 3. The van der Waals surface area contributed by atoms with Crippen LogP contribution in [0.2, 0.25) is 0 Å². The third-order valence-corrected chi connectivity index (χ3v) is 3.04. The predicted molar refractivity (Wildman–Crippen MR) is 58.9 cm³/mol. The Labute approximate surface area is 95.8 Å². The molecular formula is C11H21NO4. The van der Waals surface area contributed by atoms with Gasteiger partial charge in [-0.2, -0.15) is 0 Å². The number of amides is 1. The fraction of sp³-hybridized carbons (Fsp3) is 0.909. The van der Waals surface area contributed by atoms with E-state index in [-0.39, 0.29) is 25.0 Å². The standard InChI is InChI=1S/C11H21NO4/c1-8(13)3-4-10(14)12-7-11(15)5-6-16-9(11)2/h8-9,13,15H,3-7H2,1-2H3,(H,12,14). The Morgan fingerprint density at radius 3 is 2.88 bits per heavy atom. The molecule has 0 radical (unpaired) electrons. The van der Waals surface area contributed by atoms with Crippen molar-refractivity contribution in [2.24, 2.45) is 0 Å². The first kappa shape index (κ1) is 13.4. The zero-order valence-corrected chi connectivity index (χ0v) is 9.90. The van der Waals surface area contributed by atoms with E-state index < -0.39 is 11.7 Å². The molecule has 3 N–H and O–H groups in total. The van der Waals surface area contributed by atoms with Gasteiger partial charge in [-0.1, -0.05) is 0 Å². The highest BCUT2D eigenvalue weighted by atomic mass is 16.5. The molecule has 3 atom stereocenters. The summed E-state index contributed by atoms with van der Waals surface area (Å²) in [7, 11) is 0. The van der Waals surface area contributed by atoms with Crippen molar-refractivity contribution >= 4 is 5.91 Å². The molecule has 0 aliphatic carbocycles. The first-order chi connectivity index (χ1) is 7.44. The fourth-order valence-electron chi connectivity index (χ4n) is 1.68. The Bertz CT molecular complexity index is 244. The Kier molecular flexibility index (Phi) is 4.70. The van der Waals surface area contributed by atoms with Crippen LogP contribution >= 0.6 is 0 Å². The highest BCUT2D eigenvalue weighted by Gasteiger charge is 2.39. The molecule has 1 heterocycles. The van der Waals surface area contributed by atoms with Gasteiger partial charge in [-0.05, 0) is 20.3 Å². The first-order valence-electron chi connectivity index (χ1n) is 5.73. The minimum absolute atomic E-state index is 0.145. The molecule has 5 heteroatoms. The van der Waals surface area contributed by atoms with Crippen LogP contribution in [0.5, 0.6) is 0 Å². The van der Waals surface area contributed by atoms with Gasteiger partial charge < -0.3 is 20.3 Å². The molecule has 1 rings (SSSR count). The maximum absolute atomic E-state index is 11.4. The topological polar surface area (TPSA) is 78.8 Å². The lowest BCUT2D eigenvalue weighted by atomic mass is 9.96. The Morgan fingerprint density at radius 2 is 2.38 bits per heavy atom. The highest BCUT2D eigenvalue weighted by Crippen LogP contribution is 2.24. The van der Waals surface area contributed by atoms with Crippen molar-refractivity contribution in [3.8, 4) is 0 Å². The molecule has 1 aliphatic rings. The molecular weight excluding hydrogens is 210 g/mol. The molecule has 1 fully saturated rings. The predicted octanol–water partition coefficient (Wildman–Crippen LogP) is -0.197. The maximum Gasteiger partial charge on any atom is 0.220 e. The number of hydrogen-bond acceptors (Lipinski definition) is 4. The summed E-state index contributed by atoms with van der Waals surface area (Å²) in [6, 6.07) is 0. The highest BCUT2D eigenvalue weighted by molar-refractivity contribution is 5.75. The molecule has 3 unspecified atom stereocenters. The van der Waals surface area contributed by atoms with Crippen molar-refractivity contribution < 1.29 is 19.7 Å². The molecule has 94 valence electrons. The van der Waals surface area contributed by atoms with E-state index in [1.807, 2.05) is 0 Å². The second kappa shape index (κ2) is 5.61. The first-order valence-corrected chi connectivity index (χ1v) is 5.73. The molecule has 1 aliphatic heterocycles. The quantitative estimate of drug-likeness (QED) is 0.612. The van der Waals surface area contributed by atoms with Crippen LogP contribution in [0.3, 0.4) is 0 Å². The van der Waals surface area contributed by atoms with E-state index in [1.54, 1.807) is 13.8 Å². The molecule has 0 saturated carbocycles. The van der Waals surface area contributed by atoms with Crippen molar-refractivity contribution in [3.63, 3.8) is 0 Å². The lowest BCUT2D eigenvalue weighted by molar-refractivity contribution is -0.123. The van der Waals surface area contributed by atoms with Crippen molar-refractivity contribution in [2.75, 3.05) is 13.2 Å². The van der Waals surface area contributed by atoms with Crippen LogP contribution in [0.15, 0.2) is 0 Å². The lowest BCUT2D eigenvalue weighted by Gasteiger charge is -2.26. The molecule has 0 aromatic heterocycles. The summed E-state index contributed by atoms with van der Waals surface area (Å²) >= 11 is 0. The third-order valence-electron chi connectivity index (χ3n) is 3.04. The van der Waals surface area contributed by atoms with Crippen molar-refractivity contribution in [1.82, 2.24) is 5.32 Å². The van der Waals surface area contributed by atoms with Crippen LogP contribution in [0.25, 0.3) is 0 Å². The van der Waals surface area contributed by atoms with E-state index in [9.17, 15) is 9.90 Å². The Hall–Kier alpha value is -0.650. The fourth-order valence-corrected chi connectivity index (χ4v) is 1.68. The molecule has 1 amide bonds. The number of aliphatic hydroxyl groups is 2. The van der Waals surface area contributed by atoms with Gasteiger partial charge in [0.1, 0.15) is 5.60 Å². The second-order valence-corrected chi connectivity index (χ2v) is 4.53. The van der Waals surface area contributed by atoms with E-state index in [2.05, 4.69) is 5.32 Å². The van der Waals surface area contributed by atoms with Gasteiger partial charge in [-0.25, -0.2) is 0 Å². The van der Waals surface area contributed by atoms with Crippen LogP contribution in [-0.4, -0.2) is 47.1 Å². The van der Waals surface area contributed by atoms with Gasteiger partial charge in [0.05, 0.1) is 12.2 Å². The van der Waals surface area contributed by atoms with E-state index in [0.29, 0.717) is 19.4 Å². The average Bonchev–Trinajstić information content (AvgIpc) is 2.54. The number of nitrogens with one attached hydrogen (secondary N) is 1. The SMILES string of the molecule is CC(O)CCC(=O)NCC1(O)CCOC1C. The second-order valence-electron chi connectivity index (χ2n) is 4.53. The van der Waals surface area contributed by atoms with Gasteiger partial charge in [0.15, 0.2) is 0 Å². The zero-order chi connectivity index (χ0) is 12.2. The van der Waals surface area contributed by atoms with Crippen LogP contribution in [0.4, 0.5) is 0 Å². The van der Waals surface area contributed by atoms with Crippen LogP contribution in [-0.2, 0) is 9.53 Å². The summed E-state index contributed by atoms with van der Waals surface area (Å²) in [4.78, 5) is 11.4. The average molecular weight is 231 g/mol. The smallest absolute Gasteiger partial charge is 0.220 e. The number of carbonyl (C=O) groups excluding carboxylic acids is 1. The van der Waals surface area contributed by atoms with Crippen LogP contribution in [0, 0.1) is 0 Å². The third kappa shape index (κ3) is 3.73. The molecule has 0 spiro atoms. The summed E-state index contributed by atoms with van der Waals surface area (Å²) in [6.07, 6.45) is 0.552. The number of carbonyl (C=O) groups is 1. The minimum atomic E-state index is -0.944. The molecule has 0 aromatic carbocycles. The summed E-state index contributed by atoms with van der Waals surface area (Å²) < 4.78 is 5.26. The molecule has 1 saturated heterocycles. The monoisotopic (exact) mass is 231 g/mol. The van der Waals surface area contributed by atoms with Crippen molar-refractivity contribution in [1.29, 1.82) is 0 Å². The van der Waals surface area contributed by atoms with Gasteiger partial charge in [0.25, 0.3) is 0 Å². The van der Waals surface area contributed by atoms with Crippen LogP contribution < -0.4 is 5.32 Å². The number of aliphatic hydroxyl groups excluding tert-OH is 1. The van der Waals surface area contributed by atoms with E-state index in [1.165, 1.54) is 0 Å². The summed E-state index contributed by atoms with van der Waals surface area (Å²) in [5.74, 6) is -0.145. The minimum Gasteiger partial charge on any atom is -0.393 e.